The molecule has 0 saturated heterocycles. The van der Waals surface area contributed by atoms with Gasteiger partial charge in [0.15, 0.2) is 0 Å². The van der Waals surface area contributed by atoms with Gasteiger partial charge in [0.05, 0.1) is 0 Å². The molecule has 2 N–H and O–H groups in total. The predicted molar refractivity (Wildman–Crippen MR) is 95.2 cm³/mol. The van der Waals surface area contributed by atoms with Crippen LogP contribution in [0.15, 0.2) is 47.4 Å². The van der Waals surface area contributed by atoms with Crippen molar-refractivity contribution in [1.29, 1.82) is 0 Å². The minimum absolute atomic E-state index is 0.109. The van der Waals surface area contributed by atoms with Gasteiger partial charge in [-0.25, -0.2) is 0 Å². The summed E-state index contributed by atoms with van der Waals surface area (Å²) in [6.07, 6.45) is 3.52. The lowest BCUT2D eigenvalue weighted by atomic mass is 10.0. The molecule has 5 nitrogen and oxygen atoms in total. The minimum Gasteiger partial charge on any atom is -0.364 e. The van der Waals surface area contributed by atoms with E-state index in [1.165, 1.54) is 5.56 Å². The Morgan fingerprint density at radius 3 is 2.50 bits per heavy atom. The molecule has 3 rings (SSSR count). The second-order valence-corrected chi connectivity index (χ2v) is 5.96. The van der Waals surface area contributed by atoms with E-state index in [1.54, 1.807) is 22.2 Å². The maximum absolute atomic E-state index is 12.6. The highest BCUT2D eigenvalue weighted by atomic mass is 16.1. The summed E-state index contributed by atoms with van der Waals surface area (Å²) in [4.78, 5) is 24.3. The van der Waals surface area contributed by atoms with E-state index in [4.69, 9.17) is 5.73 Å². The Morgan fingerprint density at radius 2 is 1.88 bits per heavy atom. The maximum Gasteiger partial charge on any atom is 0.274 e. The van der Waals surface area contributed by atoms with Gasteiger partial charge in [0.25, 0.3) is 11.5 Å². The van der Waals surface area contributed by atoms with Crippen LogP contribution in [-0.4, -0.2) is 15.0 Å². The van der Waals surface area contributed by atoms with E-state index < -0.39 is 5.91 Å². The highest BCUT2D eigenvalue weighted by Gasteiger charge is 2.18. The third-order valence-corrected chi connectivity index (χ3v) is 4.41. The van der Waals surface area contributed by atoms with Crippen LogP contribution in [0.25, 0.3) is 10.9 Å². The second-order valence-electron chi connectivity index (χ2n) is 5.96. The fraction of sp³-hybridized carbons (Fsp3) is 0.263. The van der Waals surface area contributed by atoms with Crippen molar-refractivity contribution in [3.63, 3.8) is 0 Å². The Kier molecular flexibility index (Phi) is 4.25. The van der Waals surface area contributed by atoms with Gasteiger partial charge in [-0.1, -0.05) is 30.3 Å². The number of nitrogens with zero attached hydrogens (tertiary/aromatic N) is 2. The summed E-state index contributed by atoms with van der Waals surface area (Å²) < 4.78 is 3.30. The first-order valence-electron chi connectivity index (χ1n) is 8.08. The van der Waals surface area contributed by atoms with Gasteiger partial charge in [0.2, 0.25) is 0 Å². The number of aryl methyl sites for hydroxylation is 4. The summed E-state index contributed by atoms with van der Waals surface area (Å²) in [7, 11) is 1.74. The molecule has 1 aromatic carbocycles. The van der Waals surface area contributed by atoms with Crippen LogP contribution in [-0.2, 0) is 26.4 Å². The van der Waals surface area contributed by atoms with E-state index in [1.807, 2.05) is 31.3 Å². The molecule has 0 saturated carbocycles. The van der Waals surface area contributed by atoms with Crippen LogP contribution in [0, 0.1) is 0 Å². The Hall–Kier alpha value is -2.82. The van der Waals surface area contributed by atoms with E-state index in [-0.39, 0.29) is 5.56 Å². The number of fused-ring (bicyclic) bond motifs is 1. The number of primary amides is 1. The summed E-state index contributed by atoms with van der Waals surface area (Å²) in [5.74, 6) is -0.510. The molecule has 0 fully saturated rings. The number of carbonyl (C=O) groups is 1. The maximum atomic E-state index is 12.6. The summed E-state index contributed by atoms with van der Waals surface area (Å²) in [6, 6.07) is 12.0. The van der Waals surface area contributed by atoms with E-state index in [0.29, 0.717) is 17.8 Å². The number of benzene rings is 1. The van der Waals surface area contributed by atoms with Gasteiger partial charge in [-0.05, 0) is 37.0 Å². The highest BCUT2D eigenvalue weighted by Crippen LogP contribution is 2.22. The Labute approximate surface area is 140 Å². The van der Waals surface area contributed by atoms with Crippen molar-refractivity contribution in [1.82, 2.24) is 9.13 Å². The number of amides is 1. The average molecular weight is 323 g/mol. The van der Waals surface area contributed by atoms with Crippen molar-refractivity contribution in [3.8, 4) is 0 Å². The number of pyridine rings is 1. The second kappa shape index (κ2) is 6.35. The quantitative estimate of drug-likeness (QED) is 0.782. The van der Waals surface area contributed by atoms with Gasteiger partial charge in [0, 0.05) is 25.2 Å². The molecule has 0 aliphatic carbocycles. The smallest absolute Gasteiger partial charge is 0.274 e. The molecule has 0 unspecified atom stereocenters. The van der Waals surface area contributed by atoms with Gasteiger partial charge < -0.3 is 14.9 Å². The lowest BCUT2D eigenvalue weighted by Gasteiger charge is -2.09. The van der Waals surface area contributed by atoms with Crippen molar-refractivity contribution in [2.45, 2.75) is 26.3 Å². The highest BCUT2D eigenvalue weighted by molar-refractivity contribution is 5.98. The molecular formula is C19H21N3O2. The van der Waals surface area contributed by atoms with Crippen LogP contribution in [0.1, 0.15) is 28.5 Å². The first-order chi connectivity index (χ1) is 11.5. The van der Waals surface area contributed by atoms with Gasteiger partial charge in [-0.3, -0.25) is 9.59 Å². The largest absolute Gasteiger partial charge is 0.364 e. The van der Waals surface area contributed by atoms with Gasteiger partial charge in [-0.15, -0.1) is 0 Å². The van der Waals surface area contributed by atoms with Crippen molar-refractivity contribution in [2.24, 2.45) is 12.8 Å². The lowest BCUT2D eigenvalue weighted by Crippen LogP contribution is -2.22. The molecule has 0 spiro atoms. The van der Waals surface area contributed by atoms with E-state index in [0.717, 1.165) is 23.8 Å². The van der Waals surface area contributed by atoms with E-state index in [2.05, 4.69) is 12.1 Å². The number of nitrogens with two attached hydrogens (primary N) is 1. The number of rotatable bonds is 5. The predicted octanol–water partition coefficient (Wildman–Crippen LogP) is 2.24. The van der Waals surface area contributed by atoms with Gasteiger partial charge in [-0.2, -0.15) is 0 Å². The zero-order valence-corrected chi connectivity index (χ0v) is 14.0. The third-order valence-electron chi connectivity index (χ3n) is 4.41. The lowest BCUT2D eigenvalue weighted by molar-refractivity contribution is 0.0992. The van der Waals surface area contributed by atoms with Crippen molar-refractivity contribution in [2.75, 3.05) is 0 Å². The van der Waals surface area contributed by atoms with Crippen LogP contribution in [0.2, 0.25) is 0 Å². The molecule has 2 aromatic heterocycles. The molecule has 124 valence electrons. The van der Waals surface area contributed by atoms with Crippen LogP contribution < -0.4 is 11.3 Å². The normalized spacial score (nSPS) is 11.1. The fourth-order valence-corrected chi connectivity index (χ4v) is 3.21. The molecule has 0 aliphatic heterocycles. The molecule has 1 amide bonds. The molecular weight excluding hydrogens is 302 g/mol. The number of hydrogen-bond donors (Lipinski definition) is 1. The summed E-state index contributed by atoms with van der Waals surface area (Å²) in [6.45, 7) is 2.43. The third kappa shape index (κ3) is 2.73. The number of carbonyl (C=O) groups excluding carboxylic acids is 1. The van der Waals surface area contributed by atoms with E-state index >= 15 is 0 Å². The van der Waals surface area contributed by atoms with Crippen LogP contribution >= 0.6 is 0 Å². The molecule has 2 heterocycles. The molecule has 0 radical (unpaired) electrons. The molecule has 0 atom stereocenters. The van der Waals surface area contributed by atoms with Crippen LogP contribution in [0.4, 0.5) is 0 Å². The zero-order valence-electron chi connectivity index (χ0n) is 14.0. The number of aromatic nitrogens is 2. The molecule has 0 bridgehead atoms. The standard InChI is InChI=1S/C19H21N3O2/c1-3-22-16(18(20)23)11-15-14(12-21(2)19(24)17(15)22)10-9-13-7-5-4-6-8-13/h4-8,11-12H,3,9-10H2,1-2H3,(H2,20,23). The van der Waals surface area contributed by atoms with Gasteiger partial charge in [0.1, 0.15) is 11.2 Å². The Morgan fingerprint density at radius 1 is 1.17 bits per heavy atom. The molecule has 5 heteroatoms. The van der Waals surface area contributed by atoms with Crippen molar-refractivity contribution < 1.29 is 4.79 Å². The first kappa shape index (κ1) is 16.1. The monoisotopic (exact) mass is 323 g/mol. The topological polar surface area (TPSA) is 70.0 Å². The van der Waals surface area contributed by atoms with Crippen LogP contribution in [0.3, 0.4) is 0 Å². The number of hydrogen-bond acceptors (Lipinski definition) is 2. The summed E-state index contributed by atoms with van der Waals surface area (Å²) >= 11 is 0. The fourth-order valence-electron chi connectivity index (χ4n) is 3.21. The Balaban J connectivity index is 2.13. The minimum atomic E-state index is -0.510. The SMILES string of the molecule is CCn1c(C(N)=O)cc2c(CCc3ccccc3)cn(C)c(=O)c21. The summed E-state index contributed by atoms with van der Waals surface area (Å²) in [5, 5.41) is 0.824. The van der Waals surface area contributed by atoms with Crippen LogP contribution in [0.5, 0.6) is 0 Å². The zero-order chi connectivity index (χ0) is 17.3. The average Bonchev–Trinajstić information content (AvgIpc) is 2.98. The van der Waals surface area contributed by atoms with Crippen molar-refractivity contribution >= 4 is 16.8 Å². The first-order valence-corrected chi connectivity index (χ1v) is 8.08. The molecule has 24 heavy (non-hydrogen) atoms. The van der Waals surface area contributed by atoms with E-state index in [9.17, 15) is 9.59 Å². The van der Waals surface area contributed by atoms with Gasteiger partial charge >= 0.3 is 0 Å². The molecule has 3 aromatic rings. The Bertz CT molecular complexity index is 952. The van der Waals surface area contributed by atoms with Crippen molar-refractivity contribution in [3.05, 3.63) is 69.8 Å². The molecule has 0 aliphatic rings. The summed E-state index contributed by atoms with van der Waals surface area (Å²) in [5.41, 5.74) is 8.61.